The third-order valence-electron chi connectivity index (χ3n) is 5.77. The number of carboxylic acid groups (broad SMARTS) is 1. The minimum Gasteiger partial charge on any atom is -0.481 e. The van der Waals surface area contributed by atoms with Gasteiger partial charge in [-0.05, 0) is 30.4 Å². The first-order valence-corrected chi connectivity index (χ1v) is 11.0. The molecule has 33 heavy (non-hydrogen) atoms. The number of benzene rings is 2. The van der Waals surface area contributed by atoms with Gasteiger partial charge in [0.05, 0.1) is 18.4 Å². The van der Waals surface area contributed by atoms with Gasteiger partial charge in [0, 0.05) is 18.3 Å². The summed E-state index contributed by atoms with van der Waals surface area (Å²) in [5.41, 5.74) is 3.66. The van der Waals surface area contributed by atoms with E-state index in [9.17, 15) is 19.5 Å². The van der Waals surface area contributed by atoms with Crippen LogP contribution in [0.4, 0.5) is 0 Å². The maximum Gasteiger partial charge on any atom is 0.306 e. The van der Waals surface area contributed by atoms with Crippen molar-refractivity contribution in [1.29, 1.82) is 0 Å². The molecule has 170 valence electrons. The number of nitrogens with one attached hydrogen (secondary N) is 2. The highest BCUT2D eigenvalue weighted by Gasteiger charge is 2.29. The lowest BCUT2D eigenvalue weighted by molar-refractivity contribution is -0.141. The molecule has 0 saturated carbocycles. The maximum atomic E-state index is 12.9. The predicted molar refractivity (Wildman–Crippen MR) is 123 cm³/mol. The van der Waals surface area contributed by atoms with E-state index in [0.717, 1.165) is 29.5 Å². The Hall–Kier alpha value is -3.94. The number of amides is 2. The second kappa shape index (κ2) is 10.1. The first kappa shape index (κ1) is 22.3. The molecule has 1 unspecified atom stereocenters. The highest BCUT2D eigenvalue weighted by molar-refractivity contribution is 5.90. The Balaban J connectivity index is 1.52. The molecular formula is C25H26N4O4. The number of aliphatic carboxylic acids is 1. The fourth-order valence-corrected chi connectivity index (χ4v) is 3.96. The summed E-state index contributed by atoms with van der Waals surface area (Å²) in [4.78, 5) is 41.0. The Morgan fingerprint density at radius 3 is 2.48 bits per heavy atom. The van der Waals surface area contributed by atoms with Crippen molar-refractivity contribution in [3.05, 3.63) is 67.1 Å². The van der Waals surface area contributed by atoms with Gasteiger partial charge >= 0.3 is 5.97 Å². The van der Waals surface area contributed by atoms with E-state index in [1.54, 1.807) is 6.20 Å². The smallest absolute Gasteiger partial charge is 0.306 e. The summed E-state index contributed by atoms with van der Waals surface area (Å²) in [6.45, 7) is 0.581. The minimum absolute atomic E-state index is 0.236. The van der Waals surface area contributed by atoms with Crippen LogP contribution in [-0.4, -0.2) is 45.0 Å². The quantitative estimate of drug-likeness (QED) is 0.516. The van der Waals surface area contributed by atoms with Gasteiger partial charge in [-0.25, -0.2) is 4.98 Å². The van der Waals surface area contributed by atoms with Gasteiger partial charge < -0.3 is 20.3 Å². The van der Waals surface area contributed by atoms with E-state index in [4.69, 9.17) is 0 Å². The summed E-state index contributed by atoms with van der Waals surface area (Å²) >= 11 is 0. The molecule has 0 aliphatic carbocycles. The third kappa shape index (κ3) is 5.46. The second-order valence-corrected chi connectivity index (χ2v) is 8.11. The number of hydrogen-bond acceptors (Lipinski definition) is 4. The number of carboxylic acids is 1. The van der Waals surface area contributed by atoms with Crippen LogP contribution in [0.2, 0.25) is 0 Å². The van der Waals surface area contributed by atoms with E-state index in [0.29, 0.717) is 18.7 Å². The van der Waals surface area contributed by atoms with Gasteiger partial charge in [-0.3, -0.25) is 14.4 Å². The molecule has 1 aromatic heterocycles. The standard InChI is InChI=1S/C25H26N4O4/c30-23(31)14-22(25(33)28-20-8-4-5-13-26-24(20)32)29-15-21(27-16-29)19-11-9-18(10-12-19)17-6-2-1-3-7-17/h1-3,6-7,9-12,15-16,20,22H,4-5,8,13-14H2,(H,26,32)(H,28,33)(H,30,31)/t20-,22?/m0/s1. The molecule has 0 radical (unpaired) electrons. The molecule has 3 N–H and O–H groups in total. The molecule has 2 aromatic carbocycles. The minimum atomic E-state index is -1.11. The van der Waals surface area contributed by atoms with Crippen LogP contribution in [-0.2, 0) is 14.4 Å². The second-order valence-electron chi connectivity index (χ2n) is 8.11. The van der Waals surface area contributed by atoms with Crippen LogP contribution >= 0.6 is 0 Å². The lowest BCUT2D eigenvalue weighted by Gasteiger charge is -2.20. The van der Waals surface area contributed by atoms with Crippen LogP contribution in [0.25, 0.3) is 22.4 Å². The maximum absolute atomic E-state index is 12.9. The summed E-state index contributed by atoms with van der Waals surface area (Å²) in [5.74, 6) is -1.86. The van der Waals surface area contributed by atoms with Crippen LogP contribution in [0, 0.1) is 0 Å². The molecule has 1 fully saturated rings. The van der Waals surface area contributed by atoms with Gasteiger partial charge in [0.1, 0.15) is 12.1 Å². The van der Waals surface area contributed by atoms with E-state index >= 15 is 0 Å². The van der Waals surface area contributed by atoms with Gasteiger partial charge in [-0.2, -0.15) is 0 Å². The zero-order valence-corrected chi connectivity index (χ0v) is 18.1. The topological polar surface area (TPSA) is 113 Å². The van der Waals surface area contributed by atoms with Crippen molar-refractivity contribution in [1.82, 2.24) is 20.2 Å². The Labute approximate surface area is 191 Å². The molecule has 4 rings (SSSR count). The molecule has 2 heterocycles. The van der Waals surface area contributed by atoms with Crippen LogP contribution in [0.3, 0.4) is 0 Å². The van der Waals surface area contributed by atoms with Gasteiger partial charge in [-0.15, -0.1) is 0 Å². The van der Waals surface area contributed by atoms with E-state index < -0.39 is 30.4 Å². The number of carbonyl (C=O) groups excluding carboxylic acids is 2. The number of hydrogen-bond donors (Lipinski definition) is 3. The highest BCUT2D eigenvalue weighted by Crippen LogP contribution is 2.25. The summed E-state index contributed by atoms with van der Waals surface area (Å²) in [6, 6.07) is 16.2. The van der Waals surface area contributed by atoms with E-state index in [1.165, 1.54) is 10.9 Å². The van der Waals surface area contributed by atoms with Crippen molar-refractivity contribution >= 4 is 17.8 Å². The molecule has 1 aliphatic heterocycles. The van der Waals surface area contributed by atoms with Crippen molar-refractivity contribution < 1.29 is 19.5 Å². The van der Waals surface area contributed by atoms with Crippen molar-refractivity contribution in [2.45, 2.75) is 37.8 Å². The number of aromatic nitrogens is 2. The summed E-state index contributed by atoms with van der Waals surface area (Å²) in [7, 11) is 0. The zero-order chi connectivity index (χ0) is 23.2. The molecule has 0 bridgehead atoms. The molecule has 8 nitrogen and oxygen atoms in total. The first-order chi connectivity index (χ1) is 16.0. The van der Waals surface area contributed by atoms with E-state index in [1.807, 2.05) is 54.6 Å². The number of imidazole rings is 1. The highest BCUT2D eigenvalue weighted by atomic mass is 16.4. The molecule has 0 spiro atoms. The van der Waals surface area contributed by atoms with Crippen molar-refractivity contribution in [2.75, 3.05) is 6.54 Å². The van der Waals surface area contributed by atoms with Crippen LogP contribution in [0.1, 0.15) is 31.7 Å². The largest absolute Gasteiger partial charge is 0.481 e. The Morgan fingerprint density at radius 1 is 1.06 bits per heavy atom. The molecular weight excluding hydrogens is 420 g/mol. The lowest BCUT2D eigenvalue weighted by Crippen LogP contribution is -2.47. The molecule has 2 amide bonds. The number of carbonyl (C=O) groups is 3. The normalized spacial score (nSPS) is 17.0. The Kier molecular flexibility index (Phi) is 6.83. The number of nitrogens with zero attached hydrogens (tertiary/aromatic N) is 2. The third-order valence-corrected chi connectivity index (χ3v) is 5.77. The summed E-state index contributed by atoms with van der Waals surface area (Å²) in [6.07, 6.45) is 4.90. The van der Waals surface area contributed by atoms with Crippen molar-refractivity contribution in [3.63, 3.8) is 0 Å². The average Bonchev–Trinajstić information content (AvgIpc) is 3.23. The van der Waals surface area contributed by atoms with E-state index in [-0.39, 0.29) is 5.91 Å². The van der Waals surface area contributed by atoms with Crippen molar-refractivity contribution in [3.8, 4) is 22.4 Å². The first-order valence-electron chi connectivity index (χ1n) is 11.0. The lowest BCUT2D eigenvalue weighted by atomic mass is 10.0. The van der Waals surface area contributed by atoms with Gasteiger partial charge in [0.15, 0.2) is 0 Å². The average molecular weight is 447 g/mol. The number of rotatable bonds is 7. The van der Waals surface area contributed by atoms with E-state index in [2.05, 4.69) is 15.6 Å². The van der Waals surface area contributed by atoms with Crippen LogP contribution < -0.4 is 10.6 Å². The monoisotopic (exact) mass is 446 g/mol. The molecule has 1 aliphatic rings. The molecule has 8 heteroatoms. The van der Waals surface area contributed by atoms with Gasteiger partial charge in [0.2, 0.25) is 11.8 Å². The summed E-state index contributed by atoms with van der Waals surface area (Å²) in [5, 5.41) is 14.9. The van der Waals surface area contributed by atoms with Crippen LogP contribution in [0.5, 0.6) is 0 Å². The SMILES string of the molecule is O=C(O)CC(C(=O)N[C@H]1CCCCNC1=O)n1cnc(-c2ccc(-c3ccccc3)cc2)c1. The Morgan fingerprint density at radius 2 is 1.76 bits per heavy atom. The molecule has 1 saturated heterocycles. The summed E-state index contributed by atoms with van der Waals surface area (Å²) < 4.78 is 1.50. The van der Waals surface area contributed by atoms with Gasteiger partial charge in [-0.1, -0.05) is 54.6 Å². The fourth-order valence-electron chi connectivity index (χ4n) is 3.96. The molecule has 2 atom stereocenters. The van der Waals surface area contributed by atoms with Crippen molar-refractivity contribution in [2.24, 2.45) is 0 Å². The Bertz CT molecular complexity index is 1120. The zero-order valence-electron chi connectivity index (χ0n) is 18.1. The predicted octanol–water partition coefficient (Wildman–Crippen LogP) is 3.02. The van der Waals surface area contributed by atoms with Gasteiger partial charge in [0.25, 0.3) is 0 Å². The van der Waals surface area contributed by atoms with Crippen LogP contribution in [0.15, 0.2) is 67.1 Å². The molecule has 3 aromatic rings. The fraction of sp³-hybridized carbons (Fsp3) is 0.280.